The van der Waals surface area contributed by atoms with Crippen LogP contribution in [0.2, 0.25) is 0 Å². The van der Waals surface area contributed by atoms with Gasteiger partial charge >= 0.3 is 76.3 Å². The second-order valence-electron chi connectivity index (χ2n) is 5.87. The first kappa shape index (κ1) is 34.0. The second-order valence-corrected chi connectivity index (χ2v) is 7.29. The Hall–Kier alpha value is -0.210. The number of hydrogen-bond donors (Lipinski definition) is 0. The Labute approximate surface area is 189 Å². The van der Waals surface area contributed by atoms with Crippen molar-refractivity contribution in [3.8, 4) is 0 Å². The molecule has 0 radical (unpaired) electrons. The van der Waals surface area contributed by atoms with Crippen molar-refractivity contribution < 1.29 is 113 Å². The van der Waals surface area contributed by atoms with E-state index in [0.29, 0.717) is 6.92 Å². The van der Waals surface area contributed by atoms with E-state index in [2.05, 4.69) is 0 Å². The summed E-state index contributed by atoms with van der Waals surface area (Å²) in [4.78, 5) is 0. The topological polar surface area (TPSA) is 57.2 Å². The van der Waals surface area contributed by atoms with Gasteiger partial charge in [-0.25, -0.2) is 8.42 Å². The van der Waals surface area contributed by atoms with Crippen LogP contribution >= 0.6 is 0 Å². The minimum atomic E-state index is -8.76. The zero-order valence-corrected chi connectivity index (χ0v) is 17.9. The largest absolute Gasteiger partial charge is 1.00 e. The molecule has 0 aliphatic carbocycles. The summed E-state index contributed by atoms with van der Waals surface area (Å²) in [6, 6.07) is 0. The number of halogens is 16. The van der Waals surface area contributed by atoms with Crippen molar-refractivity contribution in [2.75, 3.05) is 0 Å². The third-order valence-electron chi connectivity index (χ3n) is 3.67. The van der Waals surface area contributed by atoms with Crippen molar-refractivity contribution in [3.63, 3.8) is 0 Å². The molecule has 0 heterocycles. The maximum Gasteiger partial charge on any atom is 1.00 e. The fraction of sp³-hybridized carbons (Fsp3) is 1.00. The molecular weight excluding hydrogens is 539 g/mol. The number of alkyl halides is 16. The molecule has 32 heavy (non-hydrogen) atoms. The monoisotopic (exact) mass is 546 g/mol. The smallest absolute Gasteiger partial charge is 0.743 e. The fourth-order valence-electron chi connectivity index (χ4n) is 1.83. The summed E-state index contributed by atoms with van der Waals surface area (Å²) in [5, 5.41) is -7.88. The Morgan fingerprint density at radius 3 is 1.06 bits per heavy atom. The van der Waals surface area contributed by atoms with E-state index in [1.54, 1.807) is 0 Å². The van der Waals surface area contributed by atoms with Crippen LogP contribution in [-0.2, 0) is 10.1 Å². The Kier molecular flexibility index (Phi) is 9.32. The molecule has 0 fully saturated rings. The summed E-state index contributed by atoms with van der Waals surface area (Å²) < 4.78 is 241. The summed E-state index contributed by atoms with van der Waals surface area (Å²) in [5.41, 5.74) is 0. The van der Waals surface area contributed by atoms with Crippen LogP contribution in [0.4, 0.5) is 70.2 Å². The molecule has 21 heteroatoms. The fourth-order valence-corrected chi connectivity index (χ4v) is 2.27. The van der Waals surface area contributed by atoms with Crippen LogP contribution in [0.5, 0.6) is 0 Å². The first-order valence-electron chi connectivity index (χ1n) is 7.04. The Balaban J connectivity index is 0. The summed E-state index contributed by atoms with van der Waals surface area (Å²) in [7, 11) is -8.09. The van der Waals surface area contributed by atoms with Gasteiger partial charge in [-0.3, -0.25) is 0 Å². The van der Waals surface area contributed by atoms with Crippen LogP contribution in [0.1, 0.15) is 19.8 Å². The quantitative estimate of drug-likeness (QED) is 0.241. The number of hydrogen-bond acceptors (Lipinski definition) is 3. The van der Waals surface area contributed by atoms with Gasteiger partial charge in [0.05, 0.1) is 0 Å². The van der Waals surface area contributed by atoms with Gasteiger partial charge in [-0.1, -0.05) is 13.3 Å². The molecule has 0 unspecified atom stereocenters. The third kappa shape index (κ3) is 4.30. The van der Waals surface area contributed by atoms with E-state index in [1.165, 1.54) is 0 Å². The van der Waals surface area contributed by atoms with Crippen molar-refractivity contribution in [3.05, 3.63) is 0 Å². The molecule has 0 spiro atoms. The van der Waals surface area contributed by atoms with Gasteiger partial charge in [0.25, 0.3) is 0 Å². The van der Waals surface area contributed by atoms with Crippen LogP contribution in [0.15, 0.2) is 0 Å². The van der Waals surface area contributed by atoms with Crippen LogP contribution in [0.3, 0.4) is 0 Å². The molecule has 0 amide bonds. The van der Waals surface area contributed by atoms with Gasteiger partial charge in [-0.05, 0) is 0 Å². The Bertz CT molecular complexity index is 778. The molecular formula is C11H7F16NaO3S. The van der Waals surface area contributed by atoms with E-state index in [9.17, 15) is 83.2 Å². The van der Waals surface area contributed by atoms with Crippen LogP contribution in [0.25, 0.3) is 0 Å². The molecule has 0 bridgehead atoms. The molecule has 0 rings (SSSR count). The van der Waals surface area contributed by atoms with Gasteiger partial charge in [-0.15, -0.1) is 0 Å². The summed E-state index contributed by atoms with van der Waals surface area (Å²) in [5.74, 6) is -56.8. The SMILES string of the molecule is CCCC(F)(F)C(F)(F)C(F)(F)C(F)(F)C(F)(F)C(F)(F)C(F)(F)C(F)(F)S(=O)(=O)[O-].[Na+]. The normalized spacial score (nSPS) is 16.1. The maximum absolute atomic E-state index is 13.4. The second kappa shape index (κ2) is 8.78. The minimum absolute atomic E-state index is 0. The van der Waals surface area contributed by atoms with Gasteiger partial charge < -0.3 is 4.55 Å². The Morgan fingerprint density at radius 1 is 0.562 bits per heavy atom. The summed E-state index contributed by atoms with van der Waals surface area (Å²) in [6.45, 7) is 0.551. The standard InChI is InChI=1S/C11H8F16O3S.Na/c1-2-3-4(12,13)5(14,15)6(16,17)7(18,19)8(20,21)9(22,23)10(24,25)11(26,27)31(28,29)30;/h2-3H2,1H3,(H,28,29,30);/q;+1/p-1. The first-order valence-corrected chi connectivity index (χ1v) is 8.45. The molecule has 0 aliphatic rings. The zero-order chi connectivity index (χ0) is 25.9. The molecule has 0 aromatic rings. The average Bonchev–Trinajstić information content (AvgIpc) is 2.52. The zero-order valence-electron chi connectivity index (χ0n) is 15.1. The van der Waals surface area contributed by atoms with Gasteiger partial charge in [0.1, 0.15) is 0 Å². The Morgan fingerprint density at radius 2 is 0.812 bits per heavy atom. The van der Waals surface area contributed by atoms with E-state index in [-0.39, 0.29) is 29.6 Å². The van der Waals surface area contributed by atoms with Crippen LogP contribution in [-0.4, -0.2) is 59.7 Å². The maximum atomic E-state index is 13.4. The molecule has 0 N–H and O–H groups in total. The molecule has 0 atom stereocenters. The molecule has 0 aromatic heterocycles. The molecule has 3 nitrogen and oxygen atoms in total. The summed E-state index contributed by atoms with van der Waals surface area (Å²) >= 11 is 0. The third-order valence-corrected chi connectivity index (χ3v) is 4.56. The van der Waals surface area contributed by atoms with Crippen molar-refractivity contribution in [1.82, 2.24) is 0 Å². The molecule has 0 saturated carbocycles. The average molecular weight is 546 g/mol. The van der Waals surface area contributed by atoms with E-state index in [1.807, 2.05) is 0 Å². The van der Waals surface area contributed by atoms with Gasteiger partial charge in [-0.2, -0.15) is 70.2 Å². The van der Waals surface area contributed by atoms with Crippen LogP contribution in [0, 0.1) is 0 Å². The van der Waals surface area contributed by atoms with E-state index in [0.717, 1.165) is 0 Å². The van der Waals surface area contributed by atoms with Crippen molar-refractivity contribution >= 4 is 10.1 Å². The van der Waals surface area contributed by atoms with Crippen LogP contribution < -0.4 is 29.6 Å². The number of rotatable bonds is 10. The van der Waals surface area contributed by atoms with E-state index in [4.69, 9.17) is 0 Å². The molecule has 0 saturated heterocycles. The predicted octanol–water partition coefficient (Wildman–Crippen LogP) is 2.38. The summed E-state index contributed by atoms with van der Waals surface area (Å²) in [6.07, 6.45) is -3.67. The van der Waals surface area contributed by atoms with E-state index >= 15 is 0 Å². The molecule has 188 valence electrons. The molecule has 0 aromatic carbocycles. The predicted molar refractivity (Wildman–Crippen MR) is 64.2 cm³/mol. The first-order chi connectivity index (χ1) is 13.1. The van der Waals surface area contributed by atoms with Crippen molar-refractivity contribution in [2.45, 2.75) is 66.5 Å². The van der Waals surface area contributed by atoms with Gasteiger partial charge in [0.15, 0.2) is 10.1 Å². The van der Waals surface area contributed by atoms with Gasteiger partial charge in [0.2, 0.25) is 0 Å². The minimum Gasteiger partial charge on any atom is -0.743 e. The molecule has 0 aliphatic heterocycles. The van der Waals surface area contributed by atoms with Gasteiger partial charge in [0, 0.05) is 6.42 Å². The van der Waals surface area contributed by atoms with E-state index < -0.39 is 69.7 Å². The van der Waals surface area contributed by atoms with Crippen molar-refractivity contribution in [2.24, 2.45) is 0 Å². The van der Waals surface area contributed by atoms with Crippen molar-refractivity contribution in [1.29, 1.82) is 0 Å².